The Morgan fingerprint density at radius 1 is 0.789 bits per heavy atom. The van der Waals surface area contributed by atoms with Crippen LogP contribution in [0.2, 0.25) is 0 Å². The van der Waals surface area contributed by atoms with Crippen LogP contribution in [0.15, 0.2) is 91.0 Å². The third-order valence-electron chi connectivity index (χ3n) is 9.93. The number of nitrogens with one attached hydrogen (secondary N) is 4. The van der Waals surface area contributed by atoms with Crippen LogP contribution in [0.1, 0.15) is 67.7 Å². The number of fused-ring (bicyclic) bond motifs is 1. The first kappa shape index (κ1) is 42.6. The highest BCUT2D eigenvalue weighted by Gasteiger charge is 2.43. The Kier molecular flexibility index (Phi) is 14.6. The van der Waals surface area contributed by atoms with Gasteiger partial charge in [0.2, 0.25) is 29.5 Å². The number of nitrogens with two attached hydrogens (primary N) is 1. The number of rotatable bonds is 18. The van der Waals surface area contributed by atoms with Crippen molar-refractivity contribution >= 4 is 47.9 Å². The van der Waals surface area contributed by atoms with Gasteiger partial charge in [0.1, 0.15) is 30.0 Å². The number of carbonyl (C=O) groups is 5. The lowest BCUT2D eigenvalue weighted by atomic mass is 9.80. The van der Waals surface area contributed by atoms with Crippen molar-refractivity contribution in [2.75, 3.05) is 6.54 Å². The highest BCUT2D eigenvalue weighted by molar-refractivity contribution is 7.50. The maximum Gasteiger partial charge on any atom is 0.329 e. The number of benzene rings is 4. The van der Waals surface area contributed by atoms with Crippen LogP contribution in [0, 0.1) is 0 Å². The summed E-state index contributed by atoms with van der Waals surface area (Å²) in [5, 5.41) is 12.9. The van der Waals surface area contributed by atoms with Crippen molar-refractivity contribution in [3.8, 4) is 5.75 Å². The van der Waals surface area contributed by atoms with E-state index in [-0.39, 0.29) is 25.8 Å². The zero-order valence-electron chi connectivity index (χ0n) is 31.9. The molecule has 0 saturated heterocycles. The number of amides is 5. The first-order valence-electron chi connectivity index (χ1n) is 19.0. The van der Waals surface area contributed by atoms with Crippen LogP contribution >= 0.6 is 7.60 Å². The average molecular weight is 800 g/mol. The molecule has 0 bridgehead atoms. The summed E-state index contributed by atoms with van der Waals surface area (Å²) >= 11 is 0. The topological polar surface area (TPSA) is 226 Å². The van der Waals surface area contributed by atoms with E-state index >= 15 is 0 Å². The third-order valence-corrected chi connectivity index (χ3v) is 10.7. The Labute approximate surface area is 331 Å². The largest absolute Gasteiger partial charge is 0.488 e. The van der Waals surface area contributed by atoms with Crippen LogP contribution in [0.3, 0.4) is 0 Å². The van der Waals surface area contributed by atoms with E-state index in [0.717, 1.165) is 34.1 Å². The second kappa shape index (κ2) is 19.5. The van der Waals surface area contributed by atoms with E-state index < -0.39 is 67.3 Å². The van der Waals surface area contributed by atoms with Gasteiger partial charge in [-0.05, 0) is 59.0 Å². The molecule has 0 unspecified atom stereocenters. The van der Waals surface area contributed by atoms with Crippen molar-refractivity contribution in [3.63, 3.8) is 0 Å². The number of carbonyl (C=O) groups excluding carboxylic acids is 5. The first-order chi connectivity index (χ1) is 27.2. The summed E-state index contributed by atoms with van der Waals surface area (Å²) in [4.78, 5) is 84.3. The smallest absolute Gasteiger partial charge is 0.329 e. The van der Waals surface area contributed by atoms with Gasteiger partial charge in [-0.1, -0.05) is 98.1 Å². The Bertz CT molecular complexity index is 2100. The Morgan fingerprint density at radius 2 is 1.47 bits per heavy atom. The van der Waals surface area contributed by atoms with E-state index in [4.69, 9.17) is 10.5 Å². The molecule has 57 heavy (non-hydrogen) atoms. The molecule has 14 nitrogen and oxygen atoms in total. The number of ether oxygens (including phenoxy) is 1. The molecule has 8 N–H and O–H groups in total. The summed E-state index contributed by atoms with van der Waals surface area (Å²) in [5.41, 5.74) is 7.08. The fourth-order valence-electron chi connectivity index (χ4n) is 7.06. The molecular formula is C42H50N5O9P. The van der Waals surface area contributed by atoms with E-state index in [1.54, 1.807) is 12.1 Å². The molecule has 1 aliphatic carbocycles. The van der Waals surface area contributed by atoms with E-state index in [9.17, 15) is 38.3 Å². The molecule has 0 aromatic heterocycles. The zero-order chi connectivity index (χ0) is 41.0. The summed E-state index contributed by atoms with van der Waals surface area (Å²) in [6, 6.07) is 25.6. The molecule has 0 heterocycles. The van der Waals surface area contributed by atoms with Crippen LogP contribution in [0.4, 0.5) is 0 Å². The third kappa shape index (κ3) is 12.7. The van der Waals surface area contributed by atoms with E-state index in [1.165, 1.54) is 19.1 Å². The summed E-state index contributed by atoms with van der Waals surface area (Å²) in [7, 11) is -4.28. The van der Waals surface area contributed by atoms with Gasteiger partial charge in [-0.3, -0.25) is 28.5 Å². The molecule has 1 saturated carbocycles. The van der Waals surface area contributed by atoms with Crippen molar-refractivity contribution < 1.29 is 43.1 Å². The molecule has 5 rings (SSSR count). The van der Waals surface area contributed by atoms with Gasteiger partial charge >= 0.3 is 7.60 Å². The molecule has 1 fully saturated rings. The molecule has 0 spiro atoms. The van der Waals surface area contributed by atoms with Gasteiger partial charge in [-0.15, -0.1) is 0 Å². The van der Waals surface area contributed by atoms with Gasteiger partial charge in [-0.2, -0.15) is 0 Å². The van der Waals surface area contributed by atoms with Crippen molar-refractivity contribution in [1.29, 1.82) is 0 Å². The highest BCUT2D eigenvalue weighted by atomic mass is 31.2. The highest BCUT2D eigenvalue weighted by Crippen LogP contribution is 2.39. The quantitative estimate of drug-likeness (QED) is 0.0728. The minimum Gasteiger partial charge on any atom is -0.488 e. The van der Waals surface area contributed by atoms with E-state index in [0.29, 0.717) is 37.0 Å². The Balaban J connectivity index is 1.24. The van der Waals surface area contributed by atoms with Crippen LogP contribution in [-0.2, 0) is 54.1 Å². The maximum absolute atomic E-state index is 14.1. The Morgan fingerprint density at radius 3 is 2.14 bits per heavy atom. The molecule has 2 atom stereocenters. The van der Waals surface area contributed by atoms with Gasteiger partial charge in [-0.25, -0.2) is 0 Å². The molecule has 1 aliphatic rings. The summed E-state index contributed by atoms with van der Waals surface area (Å²) in [6.07, 6.45) is 2.14. The second-order valence-corrected chi connectivity index (χ2v) is 16.2. The standard InChI is InChI=1S/C42H50N5O9P/c1-28(48)45-35(24-29-13-15-32(16-14-29)27-57(53,54)55)40(51)47-42(20-6-3-7-21-42)41(52)46-36(25-38(43)49)39(50)44-22-19-30-17-18-33-11-8-12-37(34(33)23-30)56-26-31-9-4-2-5-10-31/h2,4-5,8-18,23,35-36H,3,6-7,19-22,24-27H2,1H3,(H2,43,49)(H,44,50)(H,45,48)(H,46,52)(H,47,51)(H2,53,54,55)/t35-,36-/m0/s1. The minimum atomic E-state index is -4.28. The monoisotopic (exact) mass is 799 g/mol. The first-order valence-corrected chi connectivity index (χ1v) is 20.8. The molecule has 302 valence electrons. The fraction of sp³-hybridized carbons (Fsp3) is 0.357. The molecule has 4 aromatic rings. The molecule has 4 aromatic carbocycles. The van der Waals surface area contributed by atoms with Gasteiger partial charge < -0.3 is 41.5 Å². The van der Waals surface area contributed by atoms with Crippen LogP contribution in [-0.4, -0.2) is 63.5 Å². The van der Waals surface area contributed by atoms with Crippen molar-refractivity contribution in [2.24, 2.45) is 5.73 Å². The normalized spacial score (nSPS) is 14.8. The SMILES string of the molecule is CC(=O)N[C@@H](Cc1ccc(CP(=O)(O)O)cc1)C(=O)NC1(C(=O)N[C@@H](CC(N)=O)C(=O)NCCc2ccc3cccc(OCc4ccccc4)c3c2)CCCCC1. The van der Waals surface area contributed by atoms with Gasteiger partial charge in [0.15, 0.2) is 0 Å². The van der Waals surface area contributed by atoms with Gasteiger partial charge in [0, 0.05) is 25.3 Å². The lowest BCUT2D eigenvalue weighted by molar-refractivity contribution is -0.139. The van der Waals surface area contributed by atoms with Crippen LogP contribution in [0.25, 0.3) is 10.8 Å². The predicted molar refractivity (Wildman–Crippen MR) is 215 cm³/mol. The van der Waals surface area contributed by atoms with Gasteiger partial charge in [0.05, 0.1) is 12.6 Å². The van der Waals surface area contributed by atoms with E-state index in [2.05, 4.69) is 21.3 Å². The van der Waals surface area contributed by atoms with Crippen LogP contribution < -0.4 is 31.7 Å². The molecular weight excluding hydrogens is 749 g/mol. The fourth-order valence-corrected chi connectivity index (χ4v) is 7.75. The van der Waals surface area contributed by atoms with Crippen molar-refractivity contribution in [3.05, 3.63) is 113 Å². The molecule has 15 heteroatoms. The molecule has 0 aliphatic heterocycles. The lowest BCUT2D eigenvalue weighted by Crippen LogP contribution is -2.65. The van der Waals surface area contributed by atoms with Gasteiger partial charge in [0.25, 0.3) is 0 Å². The lowest BCUT2D eigenvalue weighted by Gasteiger charge is -2.38. The Hall–Kier alpha value is -5.56. The predicted octanol–water partition coefficient (Wildman–Crippen LogP) is 3.68. The summed E-state index contributed by atoms with van der Waals surface area (Å²) in [5.74, 6) is -2.42. The molecule has 0 radical (unpaired) electrons. The maximum atomic E-state index is 14.1. The molecule has 5 amide bonds. The van der Waals surface area contributed by atoms with E-state index in [1.807, 2.05) is 66.7 Å². The summed E-state index contributed by atoms with van der Waals surface area (Å²) < 4.78 is 17.6. The van der Waals surface area contributed by atoms with Crippen molar-refractivity contribution in [1.82, 2.24) is 21.3 Å². The van der Waals surface area contributed by atoms with Crippen molar-refractivity contribution in [2.45, 2.75) is 88.7 Å². The number of primary amides is 1. The van der Waals surface area contributed by atoms with Crippen LogP contribution in [0.5, 0.6) is 5.75 Å². The zero-order valence-corrected chi connectivity index (χ0v) is 32.8. The second-order valence-electron chi connectivity index (χ2n) is 14.6. The number of hydrogen-bond acceptors (Lipinski definition) is 7. The minimum absolute atomic E-state index is 0.0330. The number of hydrogen-bond donors (Lipinski definition) is 7. The average Bonchev–Trinajstić information content (AvgIpc) is 3.17. The summed E-state index contributed by atoms with van der Waals surface area (Å²) in [6.45, 7) is 1.87.